The molecule has 0 aromatic heterocycles. The number of hydrogen-bond acceptors (Lipinski definition) is 4. The molecule has 1 saturated heterocycles. The fourth-order valence-corrected chi connectivity index (χ4v) is 5.31. The predicted octanol–water partition coefficient (Wildman–Crippen LogP) is 2.65. The highest BCUT2D eigenvalue weighted by Crippen LogP contribution is 2.56. The van der Waals surface area contributed by atoms with E-state index in [1.165, 1.54) is 0 Å². The van der Waals surface area contributed by atoms with Gasteiger partial charge in [0.1, 0.15) is 17.5 Å². The number of carboxylic acid groups (broad SMARTS) is 1. The lowest BCUT2D eigenvalue weighted by Crippen LogP contribution is -2.56. The molecule has 0 aliphatic carbocycles. The molecular formula is C19H24N2O4S. The topological polar surface area (TPSA) is 86.7 Å². The van der Waals surface area contributed by atoms with E-state index >= 15 is 0 Å². The molecule has 2 amide bonds. The Morgan fingerprint density at radius 1 is 1.35 bits per heavy atom. The summed E-state index contributed by atoms with van der Waals surface area (Å²) in [6, 6.07) is 5.71. The maximum Gasteiger partial charge on any atom is 0.326 e. The first-order valence-electron chi connectivity index (χ1n) is 8.81. The highest BCUT2D eigenvalue weighted by atomic mass is 32.2. The van der Waals surface area contributed by atoms with Crippen molar-refractivity contribution in [2.45, 2.75) is 56.3 Å². The van der Waals surface area contributed by atoms with Gasteiger partial charge in [-0.25, -0.2) is 4.79 Å². The van der Waals surface area contributed by atoms with E-state index in [2.05, 4.69) is 5.32 Å². The molecule has 2 aliphatic heterocycles. The van der Waals surface area contributed by atoms with Crippen LogP contribution in [0.15, 0.2) is 24.3 Å². The van der Waals surface area contributed by atoms with Crippen LogP contribution in [0.2, 0.25) is 0 Å². The quantitative estimate of drug-likeness (QED) is 0.825. The number of nitrogens with zero attached hydrogens (tertiary/aromatic N) is 1. The van der Waals surface area contributed by atoms with Crippen LogP contribution < -0.4 is 5.32 Å². The average molecular weight is 376 g/mol. The number of aliphatic carboxylic acids is 1. The van der Waals surface area contributed by atoms with Crippen molar-refractivity contribution in [3.8, 4) is 0 Å². The number of benzene rings is 1. The van der Waals surface area contributed by atoms with E-state index in [1.54, 1.807) is 29.7 Å². The van der Waals surface area contributed by atoms with Gasteiger partial charge in [0.25, 0.3) is 5.91 Å². The molecule has 7 heteroatoms. The van der Waals surface area contributed by atoms with Crippen LogP contribution in [-0.2, 0) is 9.59 Å². The van der Waals surface area contributed by atoms with Crippen LogP contribution in [0.4, 0.5) is 0 Å². The first kappa shape index (κ1) is 18.8. The van der Waals surface area contributed by atoms with E-state index in [0.29, 0.717) is 12.0 Å². The van der Waals surface area contributed by atoms with Crippen LogP contribution in [0.25, 0.3) is 0 Å². The molecule has 1 aromatic carbocycles. The van der Waals surface area contributed by atoms with E-state index < -0.39 is 28.7 Å². The number of nitrogens with one attached hydrogen (secondary N) is 1. The number of carboxylic acids is 1. The van der Waals surface area contributed by atoms with E-state index in [1.807, 2.05) is 39.0 Å². The van der Waals surface area contributed by atoms with Crippen molar-refractivity contribution in [2.75, 3.05) is 0 Å². The number of carbonyl (C=O) groups excluding carboxylic acids is 2. The summed E-state index contributed by atoms with van der Waals surface area (Å²) < 4.78 is -0.517. The minimum Gasteiger partial charge on any atom is -0.480 e. The zero-order chi connectivity index (χ0) is 19.2. The predicted molar refractivity (Wildman–Crippen MR) is 99.8 cm³/mol. The summed E-state index contributed by atoms with van der Waals surface area (Å²) >= 11 is 1.57. The van der Waals surface area contributed by atoms with E-state index in [4.69, 9.17) is 0 Å². The highest BCUT2D eigenvalue weighted by Gasteiger charge is 2.57. The molecule has 2 heterocycles. The van der Waals surface area contributed by atoms with Gasteiger partial charge in [0.2, 0.25) is 5.91 Å². The van der Waals surface area contributed by atoms with Crippen molar-refractivity contribution in [1.29, 1.82) is 0 Å². The maximum absolute atomic E-state index is 13.1. The second kappa shape index (κ2) is 6.61. The summed E-state index contributed by atoms with van der Waals surface area (Å²) in [5.74, 6) is -1.82. The van der Waals surface area contributed by atoms with Crippen LogP contribution >= 0.6 is 11.8 Å². The van der Waals surface area contributed by atoms with Crippen LogP contribution in [0.1, 0.15) is 55.4 Å². The minimum absolute atomic E-state index is 0.167. The van der Waals surface area contributed by atoms with Crippen molar-refractivity contribution in [3.63, 3.8) is 0 Å². The Hall–Kier alpha value is -2.02. The standard InChI is InChI=1S/C19H24N2O4S/c1-5-10(2)13(18(24)25)20-15(22)14-19(3,4)26-17-12-9-7-6-8-11(12)16(23)21(14)17/h6-10,13-14,17H,5H2,1-4H3,(H,20,22)(H,24,25). The SMILES string of the molecule is CCC(C)C(NC(=O)C1N2C(=O)c3ccccc3C2SC1(C)C)C(=O)O. The molecule has 6 nitrogen and oxygen atoms in total. The molecule has 26 heavy (non-hydrogen) atoms. The number of amides is 2. The lowest BCUT2D eigenvalue weighted by Gasteiger charge is -2.31. The molecule has 0 spiro atoms. The molecule has 3 rings (SSSR count). The zero-order valence-corrected chi connectivity index (χ0v) is 16.2. The average Bonchev–Trinajstić information content (AvgIpc) is 3.02. The summed E-state index contributed by atoms with van der Waals surface area (Å²) in [6.07, 6.45) is 0.636. The van der Waals surface area contributed by atoms with Gasteiger partial charge in [-0.15, -0.1) is 11.8 Å². The Kier molecular flexibility index (Phi) is 4.77. The van der Waals surface area contributed by atoms with Gasteiger partial charge in [-0.2, -0.15) is 0 Å². The summed E-state index contributed by atoms with van der Waals surface area (Å²) in [5.41, 5.74) is 1.54. The van der Waals surface area contributed by atoms with Crippen molar-refractivity contribution in [1.82, 2.24) is 10.2 Å². The van der Waals surface area contributed by atoms with Gasteiger partial charge in [-0.3, -0.25) is 9.59 Å². The summed E-state index contributed by atoms with van der Waals surface area (Å²) in [7, 11) is 0. The number of carbonyl (C=O) groups is 3. The van der Waals surface area contributed by atoms with Crippen LogP contribution in [0, 0.1) is 5.92 Å². The Labute approximate surface area is 157 Å². The third-order valence-corrected chi connectivity index (χ3v) is 6.86. The van der Waals surface area contributed by atoms with Gasteiger partial charge in [0.15, 0.2) is 0 Å². The Morgan fingerprint density at radius 3 is 2.62 bits per heavy atom. The Morgan fingerprint density at radius 2 is 2.00 bits per heavy atom. The molecule has 4 atom stereocenters. The van der Waals surface area contributed by atoms with Crippen LogP contribution in [0.3, 0.4) is 0 Å². The highest BCUT2D eigenvalue weighted by molar-refractivity contribution is 8.01. The number of fused-ring (bicyclic) bond motifs is 3. The van der Waals surface area contributed by atoms with Gasteiger partial charge >= 0.3 is 5.97 Å². The maximum atomic E-state index is 13.1. The van der Waals surface area contributed by atoms with E-state index in [0.717, 1.165) is 5.56 Å². The van der Waals surface area contributed by atoms with Gasteiger partial charge in [0, 0.05) is 10.3 Å². The normalized spacial score (nSPS) is 25.4. The number of thioether (sulfide) groups is 1. The zero-order valence-electron chi connectivity index (χ0n) is 15.4. The van der Waals surface area contributed by atoms with Crippen molar-refractivity contribution >= 4 is 29.5 Å². The lowest BCUT2D eigenvalue weighted by molar-refractivity contribution is -0.144. The van der Waals surface area contributed by atoms with Crippen molar-refractivity contribution in [2.24, 2.45) is 5.92 Å². The second-order valence-corrected chi connectivity index (χ2v) is 9.22. The molecule has 1 fully saturated rings. The first-order chi connectivity index (χ1) is 12.2. The Bertz CT molecular complexity index is 764. The molecule has 0 saturated carbocycles. The monoisotopic (exact) mass is 376 g/mol. The number of hydrogen-bond donors (Lipinski definition) is 2. The molecule has 0 bridgehead atoms. The molecule has 4 unspecified atom stereocenters. The molecule has 0 radical (unpaired) electrons. The summed E-state index contributed by atoms with van der Waals surface area (Å²) in [4.78, 5) is 39.2. The molecular weight excluding hydrogens is 352 g/mol. The van der Waals surface area contributed by atoms with Gasteiger partial charge < -0.3 is 15.3 Å². The third-order valence-electron chi connectivity index (χ3n) is 5.32. The molecule has 2 aliphatic rings. The van der Waals surface area contributed by atoms with Crippen molar-refractivity contribution in [3.05, 3.63) is 35.4 Å². The smallest absolute Gasteiger partial charge is 0.326 e. The fourth-order valence-electron chi connectivity index (χ4n) is 3.72. The van der Waals surface area contributed by atoms with Crippen LogP contribution in [0.5, 0.6) is 0 Å². The molecule has 1 aromatic rings. The van der Waals surface area contributed by atoms with Gasteiger partial charge in [0.05, 0.1) is 0 Å². The number of rotatable bonds is 5. The third kappa shape index (κ3) is 2.88. The van der Waals surface area contributed by atoms with E-state index in [-0.39, 0.29) is 17.2 Å². The molecule has 2 N–H and O–H groups in total. The summed E-state index contributed by atoms with van der Waals surface area (Å²) in [5, 5.41) is 11.9. The van der Waals surface area contributed by atoms with Crippen molar-refractivity contribution < 1.29 is 19.5 Å². The molecule has 140 valence electrons. The lowest BCUT2D eigenvalue weighted by atomic mass is 9.96. The largest absolute Gasteiger partial charge is 0.480 e. The van der Waals surface area contributed by atoms with Crippen LogP contribution in [-0.4, -0.2) is 44.6 Å². The summed E-state index contributed by atoms with van der Waals surface area (Å²) in [6.45, 7) is 7.54. The second-order valence-electron chi connectivity index (χ2n) is 7.49. The van der Waals surface area contributed by atoms with Gasteiger partial charge in [-0.05, 0) is 31.4 Å². The van der Waals surface area contributed by atoms with E-state index in [9.17, 15) is 19.5 Å². The Balaban J connectivity index is 1.91. The first-order valence-corrected chi connectivity index (χ1v) is 9.69. The van der Waals surface area contributed by atoms with Gasteiger partial charge in [-0.1, -0.05) is 38.5 Å². The fraction of sp³-hybridized carbons (Fsp3) is 0.526. The minimum atomic E-state index is -1.05.